The zero-order chi connectivity index (χ0) is 18.7. The molecular formula is C20H27N3O3. The van der Waals surface area contributed by atoms with Crippen LogP contribution in [-0.4, -0.2) is 38.0 Å². The molecule has 0 radical (unpaired) electrons. The Kier molecular flexibility index (Phi) is 5.20. The molecule has 1 unspecified atom stereocenters. The zero-order valence-electron chi connectivity index (χ0n) is 15.9. The Balaban J connectivity index is 1.87. The molecule has 6 nitrogen and oxygen atoms in total. The van der Waals surface area contributed by atoms with E-state index in [1.54, 1.807) is 7.11 Å². The molecule has 0 spiro atoms. The van der Waals surface area contributed by atoms with E-state index in [2.05, 4.69) is 24.5 Å². The molecule has 1 aliphatic carbocycles. The highest BCUT2D eigenvalue weighted by Crippen LogP contribution is 2.38. The van der Waals surface area contributed by atoms with Gasteiger partial charge in [0.1, 0.15) is 5.75 Å². The summed E-state index contributed by atoms with van der Waals surface area (Å²) in [6.07, 6.45) is 1.74. The van der Waals surface area contributed by atoms with Crippen molar-refractivity contribution in [1.29, 1.82) is 0 Å². The fourth-order valence-corrected chi connectivity index (χ4v) is 3.43. The van der Waals surface area contributed by atoms with Gasteiger partial charge in [0.2, 0.25) is 0 Å². The van der Waals surface area contributed by atoms with Gasteiger partial charge in [-0.3, -0.25) is 4.99 Å². The highest BCUT2D eigenvalue weighted by molar-refractivity contribution is 6.04. The van der Waals surface area contributed by atoms with Gasteiger partial charge in [-0.05, 0) is 49.4 Å². The number of methoxy groups -OCH3 is 1. The standard InChI is InChI=1S/C20H27N3O3/c1-5-26-19(24)17-12-21-18-15(10-20(2,3)11-16(18)23-17)22-13-6-8-14(25-4)9-7-13/h6-9,17,21-22H,5,10-12H2,1-4H3. The number of anilines is 1. The normalized spacial score (nSPS) is 21.2. The smallest absolute Gasteiger partial charge is 0.332 e. The summed E-state index contributed by atoms with van der Waals surface area (Å²) >= 11 is 0. The van der Waals surface area contributed by atoms with Gasteiger partial charge in [0.15, 0.2) is 6.04 Å². The van der Waals surface area contributed by atoms with E-state index >= 15 is 0 Å². The molecule has 0 amide bonds. The number of rotatable bonds is 5. The Morgan fingerprint density at radius 1 is 1.31 bits per heavy atom. The maximum atomic E-state index is 12.1. The number of esters is 1. The lowest BCUT2D eigenvalue weighted by atomic mass is 9.76. The summed E-state index contributed by atoms with van der Waals surface area (Å²) in [4.78, 5) is 16.8. The Morgan fingerprint density at radius 3 is 2.69 bits per heavy atom. The van der Waals surface area contributed by atoms with Gasteiger partial charge in [-0.25, -0.2) is 4.79 Å². The summed E-state index contributed by atoms with van der Waals surface area (Å²) in [6, 6.07) is 7.39. The van der Waals surface area contributed by atoms with E-state index < -0.39 is 6.04 Å². The third-order valence-electron chi connectivity index (χ3n) is 4.62. The molecule has 1 aliphatic heterocycles. The SMILES string of the molecule is CCOC(=O)C1CNC2=C(Nc3ccc(OC)cc3)CC(C)(C)CC2=N1. The van der Waals surface area contributed by atoms with Gasteiger partial charge in [-0.1, -0.05) is 13.8 Å². The first-order valence-corrected chi connectivity index (χ1v) is 9.03. The molecule has 6 heteroatoms. The summed E-state index contributed by atoms with van der Waals surface area (Å²) in [5.41, 5.74) is 4.13. The minimum atomic E-state index is -0.468. The number of ether oxygens (including phenoxy) is 2. The van der Waals surface area contributed by atoms with Gasteiger partial charge in [0.05, 0.1) is 25.1 Å². The number of allylic oxidation sites excluding steroid dienone is 2. The van der Waals surface area contributed by atoms with Crippen LogP contribution in [0, 0.1) is 5.41 Å². The van der Waals surface area contributed by atoms with Crippen LogP contribution in [0.2, 0.25) is 0 Å². The third-order valence-corrected chi connectivity index (χ3v) is 4.62. The molecule has 140 valence electrons. The lowest BCUT2D eigenvalue weighted by Gasteiger charge is -2.37. The lowest BCUT2D eigenvalue weighted by molar-refractivity contribution is -0.144. The zero-order valence-corrected chi connectivity index (χ0v) is 15.9. The predicted octanol–water partition coefficient (Wildman–Crippen LogP) is 3.11. The van der Waals surface area contributed by atoms with E-state index in [1.165, 1.54) is 0 Å². The van der Waals surface area contributed by atoms with Crippen LogP contribution >= 0.6 is 0 Å². The Morgan fingerprint density at radius 2 is 2.04 bits per heavy atom. The van der Waals surface area contributed by atoms with E-state index in [-0.39, 0.29) is 11.4 Å². The van der Waals surface area contributed by atoms with E-state index in [0.717, 1.165) is 41.4 Å². The number of nitrogens with one attached hydrogen (secondary N) is 2. The highest BCUT2D eigenvalue weighted by atomic mass is 16.5. The van der Waals surface area contributed by atoms with Crippen molar-refractivity contribution in [2.24, 2.45) is 10.4 Å². The Bertz CT molecular complexity index is 735. The van der Waals surface area contributed by atoms with Crippen molar-refractivity contribution in [1.82, 2.24) is 5.32 Å². The summed E-state index contributed by atoms with van der Waals surface area (Å²) in [7, 11) is 1.66. The summed E-state index contributed by atoms with van der Waals surface area (Å²) < 4.78 is 10.3. The van der Waals surface area contributed by atoms with Crippen LogP contribution in [0.15, 0.2) is 40.7 Å². The number of hydrogen-bond donors (Lipinski definition) is 2. The van der Waals surface area contributed by atoms with Crippen molar-refractivity contribution in [3.63, 3.8) is 0 Å². The number of nitrogens with zero attached hydrogens (tertiary/aromatic N) is 1. The minimum absolute atomic E-state index is 0.0648. The quantitative estimate of drug-likeness (QED) is 0.792. The maximum absolute atomic E-state index is 12.1. The molecule has 1 aromatic rings. The first-order valence-electron chi connectivity index (χ1n) is 9.03. The number of carbonyl (C=O) groups excluding carboxylic acids is 1. The molecule has 0 fully saturated rings. The first-order chi connectivity index (χ1) is 12.4. The summed E-state index contributed by atoms with van der Waals surface area (Å²) in [5, 5.41) is 6.92. The van der Waals surface area contributed by atoms with Crippen molar-refractivity contribution < 1.29 is 14.3 Å². The largest absolute Gasteiger partial charge is 0.497 e. The predicted molar refractivity (Wildman–Crippen MR) is 103 cm³/mol. The van der Waals surface area contributed by atoms with Crippen LogP contribution in [0.4, 0.5) is 5.69 Å². The second kappa shape index (κ2) is 7.40. The van der Waals surface area contributed by atoms with Crippen molar-refractivity contribution in [3.05, 3.63) is 35.7 Å². The van der Waals surface area contributed by atoms with Gasteiger partial charge in [-0.2, -0.15) is 0 Å². The van der Waals surface area contributed by atoms with Crippen LogP contribution in [0.1, 0.15) is 33.6 Å². The molecule has 0 aromatic heterocycles. The first kappa shape index (κ1) is 18.3. The van der Waals surface area contributed by atoms with Crippen LogP contribution < -0.4 is 15.4 Å². The van der Waals surface area contributed by atoms with E-state index in [1.807, 2.05) is 31.2 Å². The summed E-state index contributed by atoms with van der Waals surface area (Å²) in [5.74, 6) is 0.562. The van der Waals surface area contributed by atoms with Crippen LogP contribution in [-0.2, 0) is 9.53 Å². The number of hydrogen-bond acceptors (Lipinski definition) is 6. The molecular weight excluding hydrogens is 330 g/mol. The Hall–Kier alpha value is -2.50. The maximum Gasteiger partial charge on any atom is 0.332 e. The van der Waals surface area contributed by atoms with E-state index in [0.29, 0.717) is 13.2 Å². The van der Waals surface area contributed by atoms with Crippen molar-refractivity contribution in [2.45, 2.75) is 39.7 Å². The van der Waals surface area contributed by atoms with Crippen molar-refractivity contribution in [3.8, 4) is 5.75 Å². The number of fused-ring (bicyclic) bond motifs is 1. The molecule has 3 rings (SSSR count). The van der Waals surface area contributed by atoms with Crippen LogP contribution in [0.3, 0.4) is 0 Å². The topological polar surface area (TPSA) is 72.0 Å². The van der Waals surface area contributed by atoms with Crippen molar-refractivity contribution in [2.75, 3.05) is 25.6 Å². The van der Waals surface area contributed by atoms with E-state index in [9.17, 15) is 4.79 Å². The third kappa shape index (κ3) is 4.00. The second-order valence-electron chi connectivity index (χ2n) is 7.45. The average molecular weight is 357 g/mol. The van der Waals surface area contributed by atoms with Gasteiger partial charge >= 0.3 is 5.97 Å². The average Bonchev–Trinajstić information content (AvgIpc) is 2.61. The number of aliphatic imine (C=N–C) groups is 1. The minimum Gasteiger partial charge on any atom is -0.497 e. The van der Waals surface area contributed by atoms with Gasteiger partial charge < -0.3 is 20.1 Å². The molecule has 0 saturated heterocycles. The van der Waals surface area contributed by atoms with Crippen LogP contribution in [0.5, 0.6) is 5.75 Å². The van der Waals surface area contributed by atoms with Crippen molar-refractivity contribution >= 4 is 17.4 Å². The van der Waals surface area contributed by atoms with Crippen LogP contribution in [0.25, 0.3) is 0 Å². The number of benzene rings is 1. The molecule has 1 atom stereocenters. The summed E-state index contributed by atoms with van der Waals surface area (Å²) in [6.45, 7) is 7.09. The number of carbonyl (C=O) groups is 1. The molecule has 2 aliphatic rings. The fourth-order valence-electron chi connectivity index (χ4n) is 3.43. The lowest BCUT2D eigenvalue weighted by Crippen LogP contribution is -2.44. The van der Waals surface area contributed by atoms with Gasteiger partial charge in [0.25, 0.3) is 0 Å². The highest BCUT2D eigenvalue weighted by Gasteiger charge is 2.36. The second-order valence-corrected chi connectivity index (χ2v) is 7.45. The van der Waals surface area contributed by atoms with E-state index in [4.69, 9.17) is 14.5 Å². The molecule has 26 heavy (non-hydrogen) atoms. The Labute approximate surface area is 154 Å². The monoisotopic (exact) mass is 357 g/mol. The molecule has 1 aromatic carbocycles. The molecule has 0 saturated carbocycles. The molecule has 1 heterocycles. The molecule has 2 N–H and O–H groups in total. The van der Waals surface area contributed by atoms with Gasteiger partial charge in [-0.15, -0.1) is 0 Å². The molecule has 0 bridgehead atoms. The fraction of sp³-hybridized carbons (Fsp3) is 0.500. The van der Waals surface area contributed by atoms with Gasteiger partial charge in [0, 0.05) is 17.9 Å².